The van der Waals surface area contributed by atoms with Crippen molar-refractivity contribution in [2.45, 2.75) is 58.3 Å². The third-order valence-electron chi connectivity index (χ3n) is 3.95. The van der Waals surface area contributed by atoms with Crippen LogP contribution in [0.15, 0.2) is 0 Å². The fourth-order valence-electron chi connectivity index (χ4n) is 2.62. The van der Waals surface area contributed by atoms with Crippen molar-refractivity contribution in [1.82, 2.24) is 15.5 Å². The molecule has 0 atom stereocenters. The van der Waals surface area contributed by atoms with Crippen molar-refractivity contribution in [3.8, 4) is 0 Å². The predicted molar refractivity (Wildman–Crippen MR) is 93.8 cm³/mol. The molecule has 1 aliphatic rings. The lowest BCUT2D eigenvalue weighted by Crippen LogP contribution is -2.28. The van der Waals surface area contributed by atoms with Crippen molar-refractivity contribution in [1.29, 1.82) is 0 Å². The number of nitrogens with one attached hydrogen (secondary N) is 2. The van der Waals surface area contributed by atoms with Crippen molar-refractivity contribution < 1.29 is 4.79 Å². The van der Waals surface area contributed by atoms with Crippen LogP contribution in [-0.2, 0) is 11.2 Å². The third kappa shape index (κ3) is 7.03. The van der Waals surface area contributed by atoms with E-state index in [9.17, 15) is 4.79 Å². The number of amides is 1. The molecule has 7 heteroatoms. The number of carbonyl (C=O) groups is 1. The lowest BCUT2D eigenvalue weighted by molar-refractivity contribution is -0.116. The van der Waals surface area contributed by atoms with Gasteiger partial charge in [-0.15, -0.1) is 22.6 Å². The zero-order valence-corrected chi connectivity index (χ0v) is 14.9. The van der Waals surface area contributed by atoms with Gasteiger partial charge in [0.05, 0.1) is 0 Å². The normalized spacial score (nSPS) is 15.3. The highest BCUT2D eigenvalue weighted by Gasteiger charge is 2.15. The number of nitrogens with zero attached hydrogens (tertiary/aromatic N) is 2. The summed E-state index contributed by atoms with van der Waals surface area (Å²) in [6, 6.07) is 0. The van der Waals surface area contributed by atoms with Crippen LogP contribution in [0.3, 0.4) is 0 Å². The maximum Gasteiger partial charge on any atom is 0.226 e. The molecule has 2 N–H and O–H groups in total. The molecule has 0 radical (unpaired) electrons. The van der Waals surface area contributed by atoms with Crippen LogP contribution < -0.4 is 10.6 Å². The Morgan fingerprint density at radius 2 is 2.09 bits per heavy atom. The van der Waals surface area contributed by atoms with Crippen LogP contribution in [0.4, 0.5) is 5.13 Å². The first-order valence-electron chi connectivity index (χ1n) is 8.11. The number of piperidine rings is 1. The lowest BCUT2D eigenvalue weighted by atomic mass is 9.93. The van der Waals surface area contributed by atoms with Crippen LogP contribution in [-0.4, -0.2) is 29.2 Å². The topological polar surface area (TPSA) is 66.9 Å². The van der Waals surface area contributed by atoms with E-state index in [-0.39, 0.29) is 18.3 Å². The van der Waals surface area contributed by atoms with E-state index in [0.29, 0.717) is 17.5 Å². The van der Waals surface area contributed by atoms with Crippen LogP contribution in [0, 0.1) is 5.92 Å². The summed E-state index contributed by atoms with van der Waals surface area (Å²) >= 11 is 1.51. The predicted octanol–water partition coefficient (Wildman–Crippen LogP) is 3.41. The molecule has 1 saturated heterocycles. The van der Waals surface area contributed by atoms with Crippen molar-refractivity contribution in [3.05, 3.63) is 5.01 Å². The first kappa shape index (κ1) is 19.3. The van der Waals surface area contributed by atoms with Crippen molar-refractivity contribution in [2.75, 3.05) is 18.4 Å². The van der Waals surface area contributed by atoms with E-state index in [1.807, 2.05) is 0 Å². The zero-order valence-electron chi connectivity index (χ0n) is 13.3. The van der Waals surface area contributed by atoms with E-state index in [2.05, 4.69) is 27.8 Å². The van der Waals surface area contributed by atoms with Gasteiger partial charge in [-0.2, -0.15) is 0 Å². The minimum atomic E-state index is 0. The molecule has 22 heavy (non-hydrogen) atoms. The first-order valence-corrected chi connectivity index (χ1v) is 8.92. The van der Waals surface area contributed by atoms with Gasteiger partial charge >= 0.3 is 0 Å². The average Bonchev–Trinajstić information content (AvgIpc) is 2.94. The minimum Gasteiger partial charge on any atom is -0.317 e. The fourth-order valence-corrected chi connectivity index (χ4v) is 3.42. The molecule has 1 aromatic heterocycles. The van der Waals surface area contributed by atoms with E-state index in [1.165, 1.54) is 37.0 Å². The Morgan fingerprint density at radius 1 is 1.32 bits per heavy atom. The molecule has 0 unspecified atom stereocenters. The summed E-state index contributed by atoms with van der Waals surface area (Å²) in [6.45, 7) is 4.36. The van der Waals surface area contributed by atoms with E-state index >= 15 is 0 Å². The first-order chi connectivity index (χ1) is 10.3. The molecule has 0 spiro atoms. The standard InChI is InChI=1S/C15H26N4OS.ClH/c1-2-3-4-5-14-18-19-15(21-14)17-13(20)7-6-12-8-10-16-11-9-12;/h12,16H,2-11H2,1H3,(H,17,19,20);1H. The van der Waals surface area contributed by atoms with Crippen LogP contribution in [0.5, 0.6) is 0 Å². The van der Waals surface area contributed by atoms with Gasteiger partial charge in [-0.05, 0) is 44.7 Å². The third-order valence-corrected chi connectivity index (χ3v) is 4.84. The van der Waals surface area contributed by atoms with Gasteiger partial charge in [0.2, 0.25) is 11.0 Å². The molecule has 126 valence electrons. The number of rotatable bonds is 8. The highest BCUT2D eigenvalue weighted by molar-refractivity contribution is 7.15. The zero-order chi connectivity index (χ0) is 14.9. The summed E-state index contributed by atoms with van der Waals surface area (Å²) in [4.78, 5) is 11.9. The summed E-state index contributed by atoms with van der Waals surface area (Å²) < 4.78 is 0. The second-order valence-electron chi connectivity index (χ2n) is 5.74. The Morgan fingerprint density at radius 3 is 2.82 bits per heavy atom. The van der Waals surface area contributed by atoms with Gasteiger partial charge in [0, 0.05) is 12.8 Å². The monoisotopic (exact) mass is 346 g/mol. The van der Waals surface area contributed by atoms with Gasteiger partial charge < -0.3 is 10.6 Å². The molecule has 0 saturated carbocycles. The number of aryl methyl sites for hydroxylation is 1. The molecule has 1 aromatic rings. The summed E-state index contributed by atoms with van der Waals surface area (Å²) in [7, 11) is 0. The van der Waals surface area contributed by atoms with Crippen LogP contribution in [0.25, 0.3) is 0 Å². The van der Waals surface area contributed by atoms with Crippen LogP contribution in [0.1, 0.15) is 56.9 Å². The molecule has 1 fully saturated rings. The molecule has 0 bridgehead atoms. The van der Waals surface area contributed by atoms with Crippen molar-refractivity contribution >= 4 is 34.8 Å². The van der Waals surface area contributed by atoms with Gasteiger partial charge in [0.25, 0.3) is 0 Å². The Balaban J connectivity index is 0.00000242. The van der Waals surface area contributed by atoms with Gasteiger partial charge in [0.1, 0.15) is 5.01 Å². The summed E-state index contributed by atoms with van der Waals surface area (Å²) in [5, 5.41) is 16.1. The maximum atomic E-state index is 11.9. The molecule has 1 amide bonds. The Bertz CT molecular complexity index is 435. The quantitative estimate of drug-likeness (QED) is 0.708. The van der Waals surface area contributed by atoms with Crippen LogP contribution >= 0.6 is 23.7 Å². The molecule has 2 heterocycles. The van der Waals surface area contributed by atoms with E-state index < -0.39 is 0 Å². The van der Waals surface area contributed by atoms with Gasteiger partial charge in [0.15, 0.2) is 0 Å². The van der Waals surface area contributed by atoms with Gasteiger partial charge in [-0.25, -0.2) is 0 Å². The SMILES string of the molecule is CCCCCc1nnc(NC(=O)CCC2CCNCC2)s1.Cl. The maximum absolute atomic E-state index is 11.9. The molecular formula is C15H27ClN4OS. The van der Waals surface area contributed by atoms with E-state index in [1.54, 1.807) is 0 Å². The second-order valence-corrected chi connectivity index (χ2v) is 6.80. The number of unbranched alkanes of at least 4 members (excludes halogenated alkanes) is 2. The Kier molecular flexibility index (Phi) is 9.59. The molecule has 1 aliphatic heterocycles. The largest absolute Gasteiger partial charge is 0.317 e. The number of anilines is 1. The Labute approximate surface area is 143 Å². The van der Waals surface area contributed by atoms with Crippen LogP contribution in [0.2, 0.25) is 0 Å². The second kappa shape index (κ2) is 10.9. The number of hydrogen-bond acceptors (Lipinski definition) is 5. The summed E-state index contributed by atoms with van der Waals surface area (Å²) in [5.74, 6) is 0.765. The van der Waals surface area contributed by atoms with Crippen molar-refractivity contribution in [2.24, 2.45) is 5.92 Å². The molecule has 0 aliphatic carbocycles. The van der Waals surface area contributed by atoms with E-state index in [4.69, 9.17) is 0 Å². The number of halogens is 1. The molecule has 2 rings (SSSR count). The minimum absolute atomic E-state index is 0. The Hall–Kier alpha value is -0.720. The molecule has 5 nitrogen and oxygen atoms in total. The summed E-state index contributed by atoms with van der Waals surface area (Å²) in [6.07, 6.45) is 8.49. The van der Waals surface area contributed by atoms with E-state index in [0.717, 1.165) is 37.4 Å². The number of aromatic nitrogens is 2. The smallest absolute Gasteiger partial charge is 0.226 e. The van der Waals surface area contributed by atoms with Gasteiger partial charge in [-0.3, -0.25) is 4.79 Å². The highest BCUT2D eigenvalue weighted by atomic mass is 35.5. The number of hydrogen-bond donors (Lipinski definition) is 2. The lowest BCUT2D eigenvalue weighted by Gasteiger charge is -2.21. The average molecular weight is 347 g/mol. The highest BCUT2D eigenvalue weighted by Crippen LogP contribution is 2.20. The molecule has 0 aromatic carbocycles. The summed E-state index contributed by atoms with van der Waals surface area (Å²) in [5.41, 5.74) is 0. The van der Waals surface area contributed by atoms with Crippen molar-refractivity contribution in [3.63, 3.8) is 0 Å². The number of carbonyl (C=O) groups excluding carboxylic acids is 1. The molecular weight excluding hydrogens is 320 g/mol. The fraction of sp³-hybridized carbons (Fsp3) is 0.800. The van der Waals surface area contributed by atoms with Gasteiger partial charge in [-0.1, -0.05) is 31.1 Å².